The summed E-state index contributed by atoms with van der Waals surface area (Å²) in [5, 5.41) is 13.9. The molecule has 35 heavy (non-hydrogen) atoms. The van der Waals surface area contributed by atoms with E-state index in [2.05, 4.69) is 22.8 Å². The smallest absolute Gasteiger partial charge is 0.407 e. The van der Waals surface area contributed by atoms with Crippen molar-refractivity contribution in [1.29, 1.82) is 0 Å². The first-order valence-corrected chi connectivity index (χ1v) is 11.7. The maximum absolute atomic E-state index is 12.6. The lowest BCUT2D eigenvalue weighted by molar-refractivity contribution is -0.143. The Morgan fingerprint density at radius 1 is 1.00 bits per heavy atom. The molecule has 7 nitrogen and oxygen atoms in total. The molecule has 4 rings (SSSR count). The first-order valence-electron chi connectivity index (χ1n) is 11.7. The van der Waals surface area contributed by atoms with Crippen molar-refractivity contribution in [2.45, 2.75) is 44.1 Å². The molecular formula is C26H28F2N2O5. The zero-order chi connectivity index (χ0) is 24.9. The fourth-order valence-electron chi connectivity index (χ4n) is 4.73. The molecule has 9 heteroatoms. The summed E-state index contributed by atoms with van der Waals surface area (Å²) in [5.74, 6) is -2.20. The Balaban J connectivity index is 1.29. The van der Waals surface area contributed by atoms with Crippen molar-refractivity contribution in [3.05, 3.63) is 59.7 Å². The molecule has 2 unspecified atom stereocenters. The highest BCUT2D eigenvalue weighted by Gasteiger charge is 2.34. The Labute approximate surface area is 201 Å². The number of carbonyl (C=O) groups excluding carboxylic acids is 2. The number of halogens is 2. The Bertz CT molecular complexity index is 1040. The van der Waals surface area contributed by atoms with Crippen molar-refractivity contribution in [2.75, 3.05) is 13.2 Å². The third kappa shape index (κ3) is 6.15. The first-order chi connectivity index (χ1) is 16.8. The maximum Gasteiger partial charge on any atom is 0.407 e. The molecule has 0 bridgehead atoms. The van der Waals surface area contributed by atoms with Gasteiger partial charge in [0, 0.05) is 25.3 Å². The van der Waals surface area contributed by atoms with Gasteiger partial charge in [-0.25, -0.2) is 18.4 Å². The molecule has 0 saturated heterocycles. The number of hydrogen-bond donors (Lipinski definition) is 3. The summed E-state index contributed by atoms with van der Waals surface area (Å²) in [6.07, 6.45) is -2.66. The third-order valence-electron chi connectivity index (χ3n) is 6.64. The van der Waals surface area contributed by atoms with Crippen LogP contribution in [0.1, 0.15) is 42.7 Å². The zero-order valence-electron chi connectivity index (χ0n) is 19.1. The third-order valence-corrected chi connectivity index (χ3v) is 6.64. The summed E-state index contributed by atoms with van der Waals surface area (Å²) >= 11 is 0. The minimum atomic E-state index is -2.84. The molecule has 0 spiro atoms. The number of ether oxygens (including phenoxy) is 1. The number of carbonyl (C=O) groups is 3. The molecule has 0 aromatic heterocycles. The fraction of sp³-hybridized carbons (Fsp3) is 0.423. The van der Waals surface area contributed by atoms with Crippen LogP contribution in [-0.4, -0.2) is 48.7 Å². The van der Waals surface area contributed by atoms with Gasteiger partial charge in [0.1, 0.15) is 12.6 Å². The van der Waals surface area contributed by atoms with Crippen LogP contribution in [0.15, 0.2) is 48.5 Å². The molecule has 2 atom stereocenters. The van der Waals surface area contributed by atoms with Gasteiger partial charge >= 0.3 is 12.1 Å². The second-order valence-electron chi connectivity index (χ2n) is 9.09. The van der Waals surface area contributed by atoms with Crippen LogP contribution in [0.5, 0.6) is 0 Å². The highest BCUT2D eigenvalue weighted by molar-refractivity contribution is 5.83. The van der Waals surface area contributed by atoms with Gasteiger partial charge in [0.15, 0.2) is 0 Å². The van der Waals surface area contributed by atoms with Gasteiger partial charge < -0.3 is 20.5 Å². The van der Waals surface area contributed by atoms with Crippen molar-refractivity contribution in [2.24, 2.45) is 11.8 Å². The number of carboxylic acid groups (broad SMARTS) is 1. The summed E-state index contributed by atoms with van der Waals surface area (Å²) in [6, 6.07) is 14.4. The molecule has 2 aliphatic carbocycles. The van der Waals surface area contributed by atoms with Crippen LogP contribution in [0.3, 0.4) is 0 Å². The Morgan fingerprint density at radius 3 is 2.14 bits per heavy atom. The summed E-state index contributed by atoms with van der Waals surface area (Å²) < 4.78 is 30.7. The van der Waals surface area contributed by atoms with Crippen LogP contribution < -0.4 is 10.6 Å². The molecule has 2 amide bonds. The number of fused-ring (bicyclic) bond motifs is 3. The minimum Gasteiger partial charge on any atom is -0.480 e. The van der Waals surface area contributed by atoms with E-state index in [1.165, 1.54) is 0 Å². The van der Waals surface area contributed by atoms with Crippen molar-refractivity contribution in [3.63, 3.8) is 0 Å². The van der Waals surface area contributed by atoms with Crippen LogP contribution in [0.4, 0.5) is 13.6 Å². The fourth-order valence-corrected chi connectivity index (χ4v) is 4.73. The molecule has 2 aromatic rings. The number of nitrogens with one attached hydrogen (secondary N) is 2. The molecule has 3 N–H and O–H groups in total. The van der Waals surface area contributed by atoms with E-state index in [1.807, 2.05) is 36.4 Å². The number of alkyl carbamates (subject to hydrolysis) is 1. The zero-order valence-corrected chi connectivity index (χ0v) is 19.1. The first kappa shape index (κ1) is 24.6. The molecule has 1 saturated carbocycles. The standard InChI is InChI=1S/C26H28F2N2O5/c27-23(28)12-22(25(32)33)30-24(31)11-16(15-9-10-15)13-29-26(34)35-14-21-19-7-3-1-5-17(19)18-6-2-4-8-20(18)21/h1-8,15-16,21-23H,9-14H2,(H,29,34)(H,30,31)(H,32,33). The number of hydrogen-bond acceptors (Lipinski definition) is 4. The predicted molar refractivity (Wildman–Crippen MR) is 124 cm³/mol. The van der Waals surface area contributed by atoms with Gasteiger partial charge in [-0.1, -0.05) is 48.5 Å². The topological polar surface area (TPSA) is 105 Å². The Morgan fingerprint density at radius 2 is 1.60 bits per heavy atom. The quantitative estimate of drug-likeness (QED) is 0.442. The molecule has 2 aliphatic rings. The van der Waals surface area contributed by atoms with E-state index >= 15 is 0 Å². The van der Waals surface area contributed by atoms with Gasteiger partial charge in [-0.05, 0) is 46.9 Å². The van der Waals surface area contributed by atoms with Gasteiger partial charge in [-0.3, -0.25) is 4.79 Å². The molecular weight excluding hydrogens is 458 g/mol. The van der Waals surface area contributed by atoms with Gasteiger partial charge in [-0.15, -0.1) is 0 Å². The lowest BCUT2D eigenvalue weighted by Gasteiger charge is -2.20. The number of amides is 2. The largest absolute Gasteiger partial charge is 0.480 e. The predicted octanol–water partition coefficient (Wildman–Crippen LogP) is 4.17. The number of rotatable bonds is 11. The van der Waals surface area contributed by atoms with Gasteiger partial charge in [-0.2, -0.15) is 0 Å². The van der Waals surface area contributed by atoms with Crippen LogP contribution in [0, 0.1) is 11.8 Å². The molecule has 0 heterocycles. The van der Waals surface area contributed by atoms with Crippen molar-refractivity contribution in [1.82, 2.24) is 10.6 Å². The maximum atomic E-state index is 12.6. The highest BCUT2D eigenvalue weighted by Crippen LogP contribution is 2.44. The normalized spacial score (nSPS) is 16.2. The van der Waals surface area contributed by atoms with Crippen molar-refractivity contribution >= 4 is 18.0 Å². The van der Waals surface area contributed by atoms with E-state index in [4.69, 9.17) is 9.84 Å². The summed E-state index contributed by atoms with van der Waals surface area (Å²) in [7, 11) is 0. The van der Waals surface area contributed by atoms with E-state index in [9.17, 15) is 23.2 Å². The highest BCUT2D eigenvalue weighted by atomic mass is 19.3. The van der Waals surface area contributed by atoms with E-state index < -0.39 is 36.9 Å². The van der Waals surface area contributed by atoms with E-state index in [-0.39, 0.29) is 37.3 Å². The lowest BCUT2D eigenvalue weighted by Crippen LogP contribution is -2.43. The van der Waals surface area contributed by atoms with Gasteiger partial charge in [0.05, 0.1) is 0 Å². The second kappa shape index (κ2) is 10.8. The van der Waals surface area contributed by atoms with Crippen LogP contribution >= 0.6 is 0 Å². The second-order valence-corrected chi connectivity index (χ2v) is 9.09. The SMILES string of the molecule is O=C(CC(CNC(=O)OCC1c2ccccc2-c2ccccc21)C1CC1)NC(CC(F)F)C(=O)O. The summed E-state index contributed by atoms with van der Waals surface area (Å²) in [4.78, 5) is 35.9. The van der Waals surface area contributed by atoms with Crippen LogP contribution in [0.25, 0.3) is 11.1 Å². The van der Waals surface area contributed by atoms with Crippen LogP contribution in [0.2, 0.25) is 0 Å². The van der Waals surface area contributed by atoms with E-state index in [1.54, 1.807) is 0 Å². The molecule has 186 valence electrons. The number of benzene rings is 2. The molecule has 0 radical (unpaired) electrons. The van der Waals surface area contributed by atoms with Gasteiger partial charge in [0.25, 0.3) is 0 Å². The monoisotopic (exact) mass is 486 g/mol. The van der Waals surface area contributed by atoms with E-state index in [0.717, 1.165) is 35.1 Å². The minimum absolute atomic E-state index is 0.0542. The molecule has 0 aliphatic heterocycles. The summed E-state index contributed by atoms with van der Waals surface area (Å²) in [5.41, 5.74) is 4.46. The average molecular weight is 487 g/mol. The molecule has 1 fully saturated rings. The number of aliphatic carboxylic acids is 1. The van der Waals surface area contributed by atoms with Crippen molar-refractivity contribution in [3.8, 4) is 11.1 Å². The van der Waals surface area contributed by atoms with Crippen LogP contribution in [-0.2, 0) is 14.3 Å². The van der Waals surface area contributed by atoms with E-state index in [0.29, 0.717) is 0 Å². The molecule has 2 aromatic carbocycles. The number of alkyl halides is 2. The van der Waals surface area contributed by atoms with Crippen molar-refractivity contribution < 1.29 is 33.0 Å². The summed E-state index contributed by atoms with van der Waals surface area (Å²) in [6.45, 7) is 0.351. The number of carboxylic acids is 1. The Hall–Kier alpha value is -3.49. The van der Waals surface area contributed by atoms with Gasteiger partial charge in [0.2, 0.25) is 12.3 Å². The average Bonchev–Trinajstić information content (AvgIpc) is 3.62. The lowest BCUT2D eigenvalue weighted by atomic mass is 9.98. The Kier molecular flexibility index (Phi) is 7.63.